The molecule has 0 bridgehead atoms. The zero-order valence-corrected chi connectivity index (χ0v) is 19.0. The molecule has 0 aliphatic carbocycles. The molecule has 0 saturated carbocycles. The van der Waals surface area contributed by atoms with Crippen LogP contribution in [0.25, 0.3) is 22.2 Å². The highest BCUT2D eigenvalue weighted by Gasteiger charge is 2.46. The fraction of sp³-hybridized carbons (Fsp3) is 0.348. The molecule has 1 saturated heterocycles. The molecule has 174 valence electrons. The van der Waals surface area contributed by atoms with Crippen LogP contribution in [0, 0.1) is 0 Å². The van der Waals surface area contributed by atoms with Crippen LogP contribution in [0.1, 0.15) is 37.0 Å². The lowest BCUT2D eigenvalue weighted by atomic mass is 10.0. The average Bonchev–Trinajstić information content (AvgIpc) is 3.12. The third kappa shape index (κ3) is 4.64. The van der Waals surface area contributed by atoms with Gasteiger partial charge in [-0.15, -0.1) is 0 Å². The average molecular weight is 478 g/mol. The molecule has 10 heteroatoms. The lowest BCUT2D eigenvalue weighted by Gasteiger charge is -2.38. The van der Waals surface area contributed by atoms with Gasteiger partial charge in [-0.25, -0.2) is 18.6 Å². The molecule has 2 heterocycles. The van der Waals surface area contributed by atoms with Gasteiger partial charge in [0.25, 0.3) is 11.8 Å². The number of carboxylic acid groups (broad SMARTS) is 1. The van der Waals surface area contributed by atoms with Crippen LogP contribution in [0.2, 0.25) is 5.02 Å². The number of fused-ring (bicyclic) bond motifs is 1. The van der Waals surface area contributed by atoms with E-state index in [2.05, 4.69) is 4.98 Å². The van der Waals surface area contributed by atoms with E-state index in [-0.39, 0.29) is 12.4 Å². The predicted octanol–water partition coefficient (Wildman–Crippen LogP) is 5.52. The van der Waals surface area contributed by atoms with Crippen LogP contribution in [0.4, 0.5) is 13.6 Å². The molecule has 1 aliphatic rings. The molecule has 33 heavy (non-hydrogen) atoms. The number of oxazole rings is 1. The fourth-order valence-electron chi connectivity index (χ4n) is 3.64. The molecule has 2 amide bonds. The Kier molecular flexibility index (Phi) is 5.56. The van der Waals surface area contributed by atoms with Gasteiger partial charge in [-0.05, 0) is 56.2 Å². The van der Waals surface area contributed by atoms with Crippen molar-refractivity contribution < 1.29 is 27.9 Å². The quantitative estimate of drug-likeness (QED) is 0.534. The number of alkyl halides is 2. The van der Waals surface area contributed by atoms with Gasteiger partial charge in [0, 0.05) is 11.1 Å². The van der Waals surface area contributed by atoms with Crippen LogP contribution in [0.5, 0.6) is 0 Å². The van der Waals surface area contributed by atoms with E-state index in [0.717, 1.165) is 10.5 Å². The van der Waals surface area contributed by atoms with Gasteiger partial charge in [-0.3, -0.25) is 9.69 Å². The number of likely N-dealkylation sites (tertiary alicyclic amines) is 1. The zero-order chi connectivity index (χ0) is 24.1. The minimum absolute atomic E-state index is 0.0362. The Hall–Kier alpha value is -3.20. The maximum absolute atomic E-state index is 13.0. The van der Waals surface area contributed by atoms with Crippen molar-refractivity contribution in [2.24, 2.45) is 0 Å². The molecule has 0 unspecified atom stereocenters. The zero-order valence-electron chi connectivity index (χ0n) is 18.2. The molecule has 1 aromatic heterocycles. The molecule has 1 fully saturated rings. The van der Waals surface area contributed by atoms with E-state index in [4.69, 9.17) is 16.0 Å². The molecule has 2 aromatic carbocycles. The number of halogens is 3. The highest BCUT2D eigenvalue weighted by Crippen LogP contribution is 2.33. The first-order valence-electron chi connectivity index (χ1n) is 10.2. The largest absolute Gasteiger partial charge is 0.465 e. The van der Waals surface area contributed by atoms with E-state index >= 15 is 0 Å². The maximum Gasteiger partial charge on any atom is 0.408 e. The first-order chi connectivity index (χ1) is 15.3. The highest BCUT2D eigenvalue weighted by molar-refractivity contribution is 6.35. The van der Waals surface area contributed by atoms with Gasteiger partial charge in [0.1, 0.15) is 12.1 Å². The van der Waals surface area contributed by atoms with Gasteiger partial charge < -0.3 is 14.4 Å². The SMILES string of the molecule is CC(C)(C)N(Cc1nc2cc(-c3ccc(C(=O)N4CC(F)(F)C4)cc3)cc(Cl)c2o1)C(=O)O. The van der Waals surface area contributed by atoms with Crippen molar-refractivity contribution >= 4 is 34.7 Å². The summed E-state index contributed by atoms with van der Waals surface area (Å²) in [7, 11) is 0. The summed E-state index contributed by atoms with van der Waals surface area (Å²) in [6, 6.07) is 10.0. The van der Waals surface area contributed by atoms with Crippen LogP contribution < -0.4 is 0 Å². The molecule has 0 spiro atoms. The Morgan fingerprint density at radius 2 is 1.82 bits per heavy atom. The van der Waals surface area contributed by atoms with Crippen molar-refractivity contribution in [1.29, 1.82) is 0 Å². The lowest BCUT2D eigenvalue weighted by molar-refractivity contribution is -0.113. The van der Waals surface area contributed by atoms with Crippen molar-refractivity contribution in [2.45, 2.75) is 38.8 Å². The molecule has 1 N–H and O–H groups in total. The van der Waals surface area contributed by atoms with Crippen LogP contribution in [0.15, 0.2) is 40.8 Å². The summed E-state index contributed by atoms with van der Waals surface area (Å²) in [5.74, 6) is -3.04. The monoisotopic (exact) mass is 477 g/mol. The van der Waals surface area contributed by atoms with Crippen molar-refractivity contribution in [3.63, 3.8) is 0 Å². The van der Waals surface area contributed by atoms with Crippen molar-refractivity contribution in [1.82, 2.24) is 14.8 Å². The number of benzene rings is 2. The second-order valence-electron chi connectivity index (χ2n) is 9.05. The van der Waals surface area contributed by atoms with E-state index in [1.165, 1.54) is 4.90 Å². The van der Waals surface area contributed by atoms with Gasteiger partial charge in [0.15, 0.2) is 5.58 Å². The van der Waals surface area contributed by atoms with Crippen molar-refractivity contribution in [2.75, 3.05) is 13.1 Å². The Bertz CT molecular complexity index is 1230. The first-order valence-corrected chi connectivity index (χ1v) is 10.6. The van der Waals surface area contributed by atoms with Crippen LogP contribution >= 0.6 is 11.6 Å². The Balaban J connectivity index is 1.58. The third-order valence-corrected chi connectivity index (χ3v) is 5.70. The molecule has 1 aliphatic heterocycles. The van der Waals surface area contributed by atoms with Crippen LogP contribution in [-0.4, -0.2) is 56.4 Å². The summed E-state index contributed by atoms with van der Waals surface area (Å²) in [6.07, 6.45) is -1.09. The molecule has 4 rings (SSSR count). The molecule has 0 atom stereocenters. The van der Waals surface area contributed by atoms with Gasteiger partial charge >= 0.3 is 6.09 Å². The Morgan fingerprint density at radius 3 is 2.36 bits per heavy atom. The number of hydrogen-bond acceptors (Lipinski definition) is 4. The summed E-state index contributed by atoms with van der Waals surface area (Å²) in [6.45, 7) is 4.15. The summed E-state index contributed by atoms with van der Waals surface area (Å²) in [4.78, 5) is 30.6. The van der Waals surface area contributed by atoms with Crippen molar-refractivity contribution in [3.8, 4) is 11.1 Å². The third-order valence-electron chi connectivity index (χ3n) is 5.42. The van der Waals surface area contributed by atoms with E-state index in [1.807, 2.05) is 0 Å². The lowest BCUT2D eigenvalue weighted by Crippen LogP contribution is -2.58. The number of carbonyl (C=O) groups is 2. The number of amides is 2. The number of carbonyl (C=O) groups excluding carboxylic acids is 1. The maximum atomic E-state index is 13.0. The minimum Gasteiger partial charge on any atom is -0.465 e. The first kappa shape index (κ1) is 23.0. The second kappa shape index (κ2) is 7.98. The summed E-state index contributed by atoms with van der Waals surface area (Å²) < 4.78 is 31.8. The molecule has 0 radical (unpaired) electrons. The topological polar surface area (TPSA) is 86.9 Å². The predicted molar refractivity (Wildman–Crippen MR) is 119 cm³/mol. The molecule has 7 nitrogen and oxygen atoms in total. The Labute approximate surface area is 193 Å². The van der Waals surface area contributed by atoms with Gasteiger partial charge in [-0.1, -0.05) is 23.7 Å². The summed E-state index contributed by atoms with van der Waals surface area (Å²) in [5, 5.41) is 9.81. The van der Waals surface area contributed by atoms with Gasteiger partial charge in [0.05, 0.1) is 18.1 Å². The Morgan fingerprint density at radius 1 is 1.18 bits per heavy atom. The molecular weight excluding hydrogens is 456 g/mol. The van der Waals surface area contributed by atoms with Crippen LogP contribution in [0.3, 0.4) is 0 Å². The number of hydrogen-bond donors (Lipinski definition) is 1. The van der Waals surface area contributed by atoms with E-state index in [0.29, 0.717) is 27.2 Å². The molecular formula is C23H22ClF2N3O4. The number of nitrogens with zero attached hydrogens (tertiary/aromatic N) is 3. The normalized spacial score (nSPS) is 15.4. The van der Waals surface area contributed by atoms with Crippen molar-refractivity contribution in [3.05, 3.63) is 52.9 Å². The van der Waals surface area contributed by atoms with Crippen LogP contribution in [-0.2, 0) is 6.54 Å². The van der Waals surface area contributed by atoms with Gasteiger partial charge in [0.2, 0.25) is 5.89 Å². The van der Waals surface area contributed by atoms with E-state index < -0.39 is 36.6 Å². The van der Waals surface area contributed by atoms with E-state index in [9.17, 15) is 23.5 Å². The summed E-state index contributed by atoms with van der Waals surface area (Å²) in [5.41, 5.74) is 1.95. The standard InChI is InChI=1S/C23H22ClF2N3O4/c1-22(2,3)29(21(31)32)10-18-27-17-9-15(8-16(24)19(17)33-18)13-4-6-14(7-5-13)20(30)28-11-23(25,26)12-28/h4-9H,10-12H2,1-3H3,(H,31,32). The summed E-state index contributed by atoms with van der Waals surface area (Å²) >= 11 is 6.40. The highest BCUT2D eigenvalue weighted by atomic mass is 35.5. The number of rotatable bonds is 4. The number of aromatic nitrogens is 1. The van der Waals surface area contributed by atoms with Gasteiger partial charge in [-0.2, -0.15) is 0 Å². The van der Waals surface area contributed by atoms with E-state index in [1.54, 1.807) is 57.2 Å². The molecule has 3 aromatic rings. The smallest absolute Gasteiger partial charge is 0.408 e. The second-order valence-corrected chi connectivity index (χ2v) is 9.46. The minimum atomic E-state index is -2.81. The fourth-order valence-corrected chi connectivity index (χ4v) is 3.90.